The summed E-state index contributed by atoms with van der Waals surface area (Å²) in [4.78, 5) is 12.6. The minimum Gasteiger partial charge on any atom is -0.489 e. The summed E-state index contributed by atoms with van der Waals surface area (Å²) in [6.07, 6.45) is 2.53. The van der Waals surface area contributed by atoms with Crippen LogP contribution < -0.4 is 14.8 Å². The summed E-state index contributed by atoms with van der Waals surface area (Å²) in [5, 5.41) is 3.80. The molecule has 168 valence electrons. The van der Waals surface area contributed by atoms with Gasteiger partial charge < -0.3 is 14.6 Å². The zero-order valence-electron chi connectivity index (χ0n) is 18.5. The maximum Gasteiger partial charge on any atom is 0.268 e. The second kappa shape index (κ2) is 9.82. The smallest absolute Gasteiger partial charge is 0.268 e. The quantitative estimate of drug-likeness (QED) is 0.587. The Morgan fingerprint density at radius 2 is 1.74 bits per heavy atom. The van der Waals surface area contributed by atoms with Gasteiger partial charge in [-0.2, -0.15) is 0 Å². The number of carbonyl (C=O) groups excluding carboxylic acids is 1. The fourth-order valence-electron chi connectivity index (χ4n) is 3.03. The number of hydrogen-bond acceptors (Lipinski definition) is 4. The average molecular weight is 450 g/mol. The first-order valence-electron chi connectivity index (χ1n) is 9.90. The molecule has 0 fully saturated rings. The maximum absolute atomic E-state index is 13.3. The predicted molar refractivity (Wildman–Crippen MR) is 122 cm³/mol. The van der Waals surface area contributed by atoms with Gasteiger partial charge in [-0.05, 0) is 50.2 Å². The van der Waals surface area contributed by atoms with Crippen LogP contribution in [0.15, 0.2) is 42.6 Å². The Morgan fingerprint density at radius 1 is 1.13 bits per heavy atom. The molecule has 1 amide bonds. The van der Waals surface area contributed by atoms with Crippen molar-refractivity contribution in [3.63, 3.8) is 0 Å². The summed E-state index contributed by atoms with van der Waals surface area (Å²) in [6.45, 7) is 7.63. The molecule has 3 aromatic rings. The molecular formula is C22H28FN3O4S. The number of aromatic nitrogens is 1. The lowest BCUT2D eigenvalue weighted by Gasteiger charge is -2.15. The van der Waals surface area contributed by atoms with Gasteiger partial charge in [-0.1, -0.05) is 13.8 Å². The van der Waals surface area contributed by atoms with E-state index in [4.69, 9.17) is 4.74 Å². The summed E-state index contributed by atoms with van der Waals surface area (Å²) in [6, 6.07) is 8.97. The highest BCUT2D eigenvalue weighted by Crippen LogP contribution is 2.35. The van der Waals surface area contributed by atoms with Crippen molar-refractivity contribution >= 4 is 32.4 Å². The van der Waals surface area contributed by atoms with Gasteiger partial charge in [0.05, 0.1) is 18.0 Å². The lowest BCUT2D eigenvalue weighted by molar-refractivity contribution is 0.0958. The van der Waals surface area contributed by atoms with Crippen LogP contribution in [0.3, 0.4) is 0 Å². The predicted octanol–water partition coefficient (Wildman–Crippen LogP) is 4.31. The van der Waals surface area contributed by atoms with Crippen molar-refractivity contribution in [2.75, 3.05) is 18.0 Å². The molecule has 7 nitrogen and oxygen atoms in total. The van der Waals surface area contributed by atoms with Crippen LogP contribution in [0, 0.1) is 5.82 Å². The third kappa shape index (κ3) is 5.75. The van der Waals surface area contributed by atoms with Crippen LogP contribution in [0.1, 0.15) is 38.2 Å². The van der Waals surface area contributed by atoms with E-state index in [9.17, 15) is 17.6 Å². The van der Waals surface area contributed by atoms with Crippen LogP contribution >= 0.6 is 0 Å². The SMILES string of the molecule is CC.CNC(=O)c1c2cc(OC(C)C)c(NS(C)(=O)=O)cc2cn1-c1ccc(F)cc1. The van der Waals surface area contributed by atoms with Gasteiger partial charge in [0.25, 0.3) is 5.91 Å². The molecule has 2 aromatic carbocycles. The largest absolute Gasteiger partial charge is 0.489 e. The van der Waals surface area contributed by atoms with Gasteiger partial charge in [0, 0.05) is 29.7 Å². The molecule has 2 N–H and O–H groups in total. The van der Waals surface area contributed by atoms with Crippen molar-refractivity contribution in [1.82, 2.24) is 9.88 Å². The molecule has 0 spiro atoms. The fraction of sp³-hybridized carbons (Fsp3) is 0.318. The van der Waals surface area contributed by atoms with Crippen molar-refractivity contribution in [2.45, 2.75) is 33.8 Å². The molecule has 0 radical (unpaired) electrons. The number of anilines is 1. The van der Waals surface area contributed by atoms with Gasteiger partial charge >= 0.3 is 0 Å². The van der Waals surface area contributed by atoms with Gasteiger partial charge in [0.1, 0.15) is 17.3 Å². The second-order valence-electron chi connectivity index (χ2n) is 6.88. The number of carbonyl (C=O) groups is 1. The Balaban J connectivity index is 0.00000166. The molecule has 0 aliphatic rings. The minimum atomic E-state index is -3.54. The van der Waals surface area contributed by atoms with E-state index in [2.05, 4.69) is 10.0 Å². The molecule has 0 saturated heterocycles. The number of ether oxygens (including phenoxy) is 1. The topological polar surface area (TPSA) is 89.4 Å². The van der Waals surface area contributed by atoms with Crippen molar-refractivity contribution in [2.24, 2.45) is 0 Å². The van der Waals surface area contributed by atoms with Crippen LogP contribution in [0.5, 0.6) is 5.75 Å². The van der Waals surface area contributed by atoms with E-state index in [0.29, 0.717) is 27.9 Å². The van der Waals surface area contributed by atoms with Crippen LogP contribution in [-0.2, 0) is 10.0 Å². The maximum atomic E-state index is 13.3. The summed E-state index contributed by atoms with van der Waals surface area (Å²) in [5.74, 6) is -0.428. The minimum absolute atomic E-state index is 0.213. The van der Waals surface area contributed by atoms with E-state index in [1.54, 1.807) is 35.0 Å². The Kier molecular flexibility index (Phi) is 7.67. The first-order chi connectivity index (χ1) is 14.6. The van der Waals surface area contributed by atoms with Crippen molar-refractivity contribution in [3.05, 3.63) is 54.1 Å². The molecule has 0 atom stereocenters. The van der Waals surface area contributed by atoms with Gasteiger partial charge in [0.15, 0.2) is 0 Å². The highest BCUT2D eigenvalue weighted by Gasteiger charge is 2.21. The Bertz CT molecular complexity index is 1170. The lowest BCUT2D eigenvalue weighted by Crippen LogP contribution is -2.21. The summed E-state index contributed by atoms with van der Waals surface area (Å²) < 4.78 is 46.8. The molecule has 0 unspecified atom stereocenters. The zero-order chi connectivity index (χ0) is 23.3. The van der Waals surface area contributed by atoms with Crippen LogP contribution in [0.4, 0.5) is 10.1 Å². The molecule has 0 saturated carbocycles. The molecule has 3 rings (SSSR count). The summed E-state index contributed by atoms with van der Waals surface area (Å²) in [5.41, 5.74) is 1.19. The van der Waals surface area contributed by atoms with E-state index in [1.165, 1.54) is 19.2 Å². The van der Waals surface area contributed by atoms with Crippen molar-refractivity contribution in [3.8, 4) is 11.4 Å². The monoisotopic (exact) mass is 449 g/mol. The molecule has 31 heavy (non-hydrogen) atoms. The van der Waals surface area contributed by atoms with Gasteiger partial charge in [-0.15, -0.1) is 0 Å². The van der Waals surface area contributed by atoms with Gasteiger partial charge in [-0.3, -0.25) is 9.52 Å². The Labute approximate surface area is 182 Å². The Hall–Kier alpha value is -3.07. The highest BCUT2D eigenvalue weighted by molar-refractivity contribution is 7.92. The number of fused-ring (bicyclic) bond motifs is 1. The van der Waals surface area contributed by atoms with Crippen LogP contribution in [0.2, 0.25) is 0 Å². The number of benzene rings is 2. The normalized spacial score (nSPS) is 11.1. The number of rotatable bonds is 6. The Morgan fingerprint density at radius 3 is 2.26 bits per heavy atom. The highest BCUT2D eigenvalue weighted by atomic mass is 32.2. The zero-order valence-corrected chi connectivity index (χ0v) is 19.3. The van der Waals surface area contributed by atoms with Crippen LogP contribution in [0.25, 0.3) is 16.5 Å². The summed E-state index contributed by atoms with van der Waals surface area (Å²) in [7, 11) is -2.03. The fourth-order valence-corrected chi connectivity index (χ4v) is 3.59. The number of sulfonamides is 1. The van der Waals surface area contributed by atoms with E-state index >= 15 is 0 Å². The number of hydrogen-bond donors (Lipinski definition) is 2. The molecule has 0 aliphatic carbocycles. The first-order valence-corrected chi connectivity index (χ1v) is 11.8. The molecule has 0 aliphatic heterocycles. The second-order valence-corrected chi connectivity index (χ2v) is 8.63. The van der Waals surface area contributed by atoms with E-state index in [0.717, 1.165) is 6.26 Å². The molecular weight excluding hydrogens is 421 g/mol. The lowest BCUT2D eigenvalue weighted by atomic mass is 10.1. The number of nitrogens with one attached hydrogen (secondary N) is 2. The van der Waals surface area contributed by atoms with Gasteiger partial charge in [0.2, 0.25) is 10.0 Å². The molecule has 1 aromatic heterocycles. The third-order valence-electron chi connectivity index (χ3n) is 4.12. The van der Waals surface area contributed by atoms with E-state index < -0.39 is 10.0 Å². The van der Waals surface area contributed by atoms with E-state index in [1.807, 2.05) is 27.7 Å². The molecule has 0 bridgehead atoms. The molecule has 9 heteroatoms. The van der Waals surface area contributed by atoms with Crippen LogP contribution in [-0.4, -0.2) is 38.3 Å². The number of halogens is 1. The van der Waals surface area contributed by atoms with Crippen molar-refractivity contribution < 1.29 is 22.3 Å². The first kappa shape index (κ1) is 24.2. The summed E-state index contributed by atoms with van der Waals surface area (Å²) >= 11 is 0. The number of nitrogens with zero attached hydrogens (tertiary/aromatic N) is 1. The van der Waals surface area contributed by atoms with Crippen molar-refractivity contribution in [1.29, 1.82) is 0 Å². The molecule has 1 heterocycles. The third-order valence-corrected chi connectivity index (χ3v) is 4.71. The standard InChI is InChI=1S/C20H22FN3O4S.C2H6/c1-12(2)28-18-10-16-13(9-17(18)23-29(4,26)27)11-24(19(16)20(25)22-3)15-7-5-14(21)6-8-15;1-2/h5-12,23H,1-4H3,(H,22,25);1-2H3. The average Bonchev–Trinajstić information content (AvgIpc) is 3.06. The number of amides is 1. The van der Waals surface area contributed by atoms with E-state index in [-0.39, 0.29) is 23.5 Å². The van der Waals surface area contributed by atoms with Gasteiger partial charge in [-0.25, -0.2) is 12.8 Å².